The predicted molar refractivity (Wildman–Crippen MR) is 82.8 cm³/mol. The molecule has 0 fully saturated rings. The van der Waals surface area contributed by atoms with Gasteiger partial charge in [0.2, 0.25) is 11.8 Å². The molecule has 0 aromatic heterocycles. The molecule has 1 aliphatic heterocycles. The molecule has 0 unspecified atom stereocenters. The van der Waals surface area contributed by atoms with Gasteiger partial charge in [-0.05, 0) is 30.3 Å². The Morgan fingerprint density at radius 2 is 1.78 bits per heavy atom. The van der Waals surface area contributed by atoms with Crippen molar-refractivity contribution < 1.29 is 19.1 Å². The minimum absolute atomic E-state index is 0.0281. The first-order valence-electron chi connectivity index (χ1n) is 7.04. The van der Waals surface area contributed by atoms with E-state index in [1.807, 2.05) is 0 Å². The number of anilines is 1. The lowest BCUT2D eigenvalue weighted by molar-refractivity contribution is -0.118. The van der Waals surface area contributed by atoms with Crippen molar-refractivity contribution >= 4 is 23.5 Å². The standard InChI is InChI=1S/C17H14N2O4/c18-16(21)10-5-7-11(8-6-10)19-15(20)9-14-12-3-1-2-4-13(12)17(22)23-14/h1-8,14H,9H2,(H2,18,21)(H,19,20)/t14-/m1/s1. The molecule has 0 aliphatic carbocycles. The molecule has 1 heterocycles. The Bertz CT molecular complexity index is 783. The van der Waals surface area contributed by atoms with Crippen LogP contribution in [0.2, 0.25) is 0 Å². The lowest BCUT2D eigenvalue weighted by Crippen LogP contribution is -2.16. The smallest absolute Gasteiger partial charge is 0.339 e. The second-order valence-corrected chi connectivity index (χ2v) is 5.18. The van der Waals surface area contributed by atoms with E-state index in [-0.39, 0.29) is 12.3 Å². The van der Waals surface area contributed by atoms with Crippen molar-refractivity contribution in [1.82, 2.24) is 0 Å². The Morgan fingerprint density at radius 1 is 1.09 bits per heavy atom. The fourth-order valence-corrected chi connectivity index (χ4v) is 2.47. The zero-order valence-corrected chi connectivity index (χ0v) is 12.1. The summed E-state index contributed by atoms with van der Waals surface area (Å²) in [6.07, 6.45) is -0.552. The van der Waals surface area contributed by atoms with Gasteiger partial charge in [0, 0.05) is 16.8 Å². The topological polar surface area (TPSA) is 98.5 Å². The molecule has 116 valence electrons. The number of hydrogen-bond acceptors (Lipinski definition) is 4. The van der Waals surface area contributed by atoms with Gasteiger partial charge in [-0.1, -0.05) is 18.2 Å². The molecule has 0 saturated heterocycles. The minimum atomic E-state index is -0.580. The Labute approximate surface area is 132 Å². The molecule has 2 amide bonds. The second-order valence-electron chi connectivity index (χ2n) is 5.18. The molecule has 3 N–H and O–H groups in total. The van der Waals surface area contributed by atoms with Gasteiger partial charge in [0.25, 0.3) is 0 Å². The number of rotatable bonds is 4. The summed E-state index contributed by atoms with van der Waals surface area (Å²) in [7, 11) is 0. The van der Waals surface area contributed by atoms with E-state index < -0.39 is 18.0 Å². The number of esters is 1. The summed E-state index contributed by atoms with van der Waals surface area (Å²) >= 11 is 0. The van der Waals surface area contributed by atoms with Gasteiger partial charge in [-0.3, -0.25) is 9.59 Å². The van der Waals surface area contributed by atoms with Crippen LogP contribution in [0.5, 0.6) is 0 Å². The monoisotopic (exact) mass is 310 g/mol. The van der Waals surface area contributed by atoms with Crippen molar-refractivity contribution in [2.24, 2.45) is 5.73 Å². The van der Waals surface area contributed by atoms with Crippen molar-refractivity contribution in [2.75, 3.05) is 5.32 Å². The Hall–Kier alpha value is -3.15. The Kier molecular flexibility index (Phi) is 3.80. The molecule has 0 bridgehead atoms. The van der Waals surface area contributed by atoms with Crippen molar-refractivity contribution in [3.05, 3.63) is 65.2 Å². The van der Waals surface area contributed by atoms with Gasteiger partial charge >= 0.3 is 5.97 Å². The number of benzene rings is 2. The normalized spacial score (nSPS) is 15.7. The quantitative estimate of drug-likeness (QED) is 0.844. The number of amides is 2. The van der Waals surface area contributed by atoms with Gasteiger partial charge in [0.1, 0.15) is 6.10 Å². The first-order chi connectivity index (χ1) is 11.0. The molecule has 2 aromatic carbocycles. The van der Waals surface area contributed by atoms with Gasteiger partial charge < -0.3 is 15.8 Å². The first-order valence-corrected chi connectivity index (χ1v) is 7.04. The van der Waals surface area contributed by atoms with Crippen LogP contribution in [0.1, 0.15) is 38.8 Å². The SMILES string of the molecule is NC(=O)c1ccc(NC(=O)C[C@H]2OC(=O)c3ccccc32)cc1. The molecule has 6 heteroatoms. The average molecular weight is 310 g/mol. The maximum absolute atomic E-state index is 12.1. The number of ether oxygens (including phenoxy) is 1. The molecule has 1 aliphatic rings. The molecule has 3 rings (SSSR count). The molecule has 0 saturated carbocycles. The summed E-state index contributed by atoms with van der Waals surface area (Å²) in [6.45, 7) is 0. The van der Waals surface area contributed by atoms with Crippen LogP contribution in [-0.4, -0.2) is 17.8 Å². The minimum Gasteiger partial charge on any atom is -0.453 e. The lowest BCUT2D eigenvalue weighted by atomic mass is 10.0. The third-order valence-electron chi connectivity index (χ3n) is 3.60. The zero-order valence-electron chi connectivity index (χ0n) is 12.1. The Balaban J connectivity index is 1.66. The zero-order chi connectivity index (χ0) is 16.4. The third-order valence-corrected chi connectivity index (χ3v) is 3.60. The molecule has 1 atom stereocenters. The van der Waals surface area contributed by atoms with Crippen molar-refractivity contribution in [1.29, 1.82) is 0 Å². The van der Waals surface area contributed by atoms with Gasteiger partial charge in [0.05, 0.1) is 12.0 Å². The highest BCUT2D eigenvalue weighted by atomic mass is 16.5. The van der Waals surface area contributed by atoms with E-state index in [0.29, 0.717) is 16.8 Å². The average Bonchev–Trinajstić information content (AvgIpc) is 2.84. The number of carbonyl (C=O) groups is 3. The van der Waals surface area contributed by atoms with Gasteiger partial charge in [0.15, 0.2) is 0 Å². The van der Waals surface area contributed by atoms with Gasteiger partial charge in [-0.25, -0.2) is 4.79 Å². The molecule has 0 radical (unpaired) electrons. The van der Waals surface area contributed by atoms with E-state index in [2.05, 4.69) is 5.32 Å². The molecular weight excluding hydrogens is 296 g/mol. The lowest BCUT2D eigenvalue weighted by Gasteiger charge is -2.11. The van der Waals surface area contributed by atoms with Crippen LogP contribution in [0, 0.1) is 0 Å². The summed E-state index contributed by atoms with van der Waals surface area (Å²) in [5, 5.41) is 2.70. The first kappa shape index (κ1) is 14.8. The number of carbonyl (C=O) groups excluding carboxylic acids is 3. The molecule has 0 spiro atoms. The summed E-state index contributed by atoms with van der Waals surface area (Å²) in [5.41, 5.74) is 7.28. The Morgan fingerprint density at radius 3 is 2.48 bits per heavy atom. The summed E-state index contributed by atoms with van der Waals surface area (Å²) in [4.78, 5) is 34.8. The van der Waals surface area contributed by atoms with Crippen LogP contribution >= 0.6 is 0 Å². The van der Waals surface area contributed by atoms with Crippen LogP contribution < -0.4 is 11.1 Å². The van der Waals surface area contributed by atoms with Crippen molar-refractivity contribution in [3.63, 3.8) is 0 Å². The summed E-state index contributed by atoms with van der Waals surface area (Å²) < 4.78 is 5.23. The maximum atomic E-state index is 12.1. The second kappa shape index (κ2) is 5.92. The summed E-state index contributed by atoms with van der Waals surface area (Å²) in [5.74, 6) is -1.23. The predicted octanol–water partition coefficient (Wildman–Crippen LogP) is 2.03. The number of nitrogens with two attached hydrogens (primary N) is 1. The van der Waals surface area contributed by atoms with E-state index in [0.717, 1.165) is 5.56 Å². The van der Waals surface area contributed by atoms with E-state index in [1.54, 1.807) is 36.4 Å². The van der Waals surface area contributed by atoms with E-state index in [1.165, 1.54) is 12.1 Å². The number of primary amides is 1. The van der Waals surface area contributed by atoms with Gasteiger partial charge in [-0.15, -0.1) is 0 Å². The highest BCUT2D eigenvalue weighted by molar-refractivity contribution is 5.97. The molecule has 2 aromatic rings. The van der Waals surface area contributed by atoms with Crippen molar-refractivity contribution in [2.45, 2.75) is 12.5 Å². The fourth-order valence-electron chi connectivity index (χ4n) is 2.47. The van der Waals surface area contributed by atoms with Crippen molar-refractivity contribution in [3.8, 4) is 0 Å². The number of hydrogen-bond donors (Lipinski definition) is 2. The fraction of sp³-hybridized carbons (Fsp3) is 0.118. The van der Waals surface area contributed by atoms with Crippen LogP contribution in [-0.2, 0) is 9.53 Å². The summed E-state index contributed by atoms with van der Waals surface area (Å²) in [6, 6.07) is 13.2. The molecule has 6 nitrogen and oxygen atoms in total. The van der Waals surface area contributed by atoms with Crippen LogP contribution in [0.25, 0.3) is 0 Å². The van der Waals surface area contributed by atoms with E-state index in [9.17, 15) is 14.4 Å². The molecule has 23 heavy (non-hydrogen) atoms. The van der Waals surface area contributed by atoms with E-state index in [4.69, 9.17) is 10.5 Å². The van der Waals surface area contributed by atoms with Gasteiger partial charge in [-0.2, -0.15) is 0 Å². The van der Waals surface area contributed by atoms with Crippen LogP contribution in [0.4, 0.5) is 5.69 Å². The van der Waals surface area contributed by atoms with E-state index >= 15 is 0 Å². The highest BCUT2D eigenvalue weighted by Crippen LogP contribution is 2.32. The highest BCUT2D eigenvalue weighted by Gasteiger charge is 2.31. The number of fused-ring (bicyclic) bond motifs is 1. The van der Waals surface area contributed by atoms with Crippen LogP contribution in [0.15, 0.2) is 48.5 Å². The number of cyclic esters (lactones) is 1. The number of nitrogens with one attached hydrogen (secondary N) is 1. The maximum Gasteiger partial charge on any atom is 0.339 e. The largest absolute Gasteiger partial charge is 0.453 e. The van der Waals surface area contributed by atoms with Crippen LogP contribution in [0.3, 0.4) is 0 Å². The third kappa shape index (κ3) is 3.06. The molecular formula is C17H14N2O4.